The van der Waals surface area contributed by atoms with Crippen LogP contribution in [-0.2, 0) is 0 Å². The average molecular weight is 279 g/mol. The molecule has 1 aliphatic carbocycles. The van der Waals surface area contributed by atoms with Crippen LogP contribution < -0.4 is 11.1 Å². The van der Waals surface area contributed by atoms with Crippen molar-refractivity contribution in [1.82, 2.24) is 0 Å². The first kappa shape index (κ1) is 16.2. The SMILES string of the molecule is Cl.Cl.Nc1ccc(O)c(NC2CCCCC2)c1. The maximum absolute atomic E-state index is 9.65. The lowest BCUT2D eigenvalue weighted by atomic mass is 9.95. The van der Waals surface area contributed by atoms with Crippen LogP contribution in [0.4, 0.5) is 11.4 Å². The third kappa shape index (κ3) is 4.52. The Morgan fingerprint density at radius 3 is 2.41 bits per heavy atom. The molecule has 0 atom stereocenters. The highest BCUT2D eigenvalue weighted by Gasteiger charge is 2.14. The molecule has 1 aromatic carbocycles. The highest BCUT2D eigenvalue weighted by molar-refractivity contribution is 5.85. The zero-order valence-electron chi connectivity index (χ0n) is 9.69. The predicted molar refractivity (Wildman–Crippen MR) is 77.5 cm³/mol. The first-order valence-electron chi connectivity index (χ1n) is 5.61. The van der Waals surface area contributed by atoms with Gasteiger partial charge in [0, 0.05) is 11.7 Å². The van der Waals surface area contributed by atoms with E-state index in [4.69, 9.17) is 5.73 Å². The number of rotatable bonds is 2. The second-order valence-corrected chi connectivity index (χ2v) is 4.26. The Bertz CT molecular complexity index is 341. The molecule has 1 saturated carbocycles. The van der Waals surface area contributed by atoms with Crippen LogP contribution in [0.15, 0.2) is 18.2 Å². The summed E-state index contributed by atoms with van der Waals surface area (Å²) in [6, 6.07) is 5.64. The zero-order chi connectivity index (χ0) is 10.7. The Hall–Kier alpha value is -0.800. The van der Waals surface area contributed by atoms with Crippen molar-refractivity contribution >= 4 is 36.2 Å². The van der Waals surface area contributed by atoms with Crippen molar-refractivity contribution in [2.45, 2.75) is 38.1 Å². The maximum atomic E-state index is 9.65. The van der Waals surface area contributed by atoms with Gasteiger partial charge >= 0.3 is 0 Å². The summed E-state index contributed by atoms with van der Waals surface area (Å²) in [5.74, 6) is 0.287. The van der Waals surface area contributed by atoms with Gasteiger partial charge in [-0.3, -0.25) is 0 Å². The molecule has 0 heterocycles. The Labute approximate surface area is 115 Å². The van der Waals surface area contributed by atoms with Gasteiger partial charge < -0.3 is 16.2 Å². The van der Waals surface area contributed by atoms with Crippen LogP contribution in [0.1, 0.15) is 32.1 Å². The number of halogens is 2. The Morgan fingerprint density at radius 2 is 1.76 bits per heavy atom. The minimum absolute atomic E-state index is 0. The summed E-state index contributed by atoms with van der Waals surface area (Å²) in [7, 11) is 0. The van der Waals surface area contributed by atoms with Gasteiger partial charge in [0.05, 0.1) is 5.69 Å². The van der Waals surface area contributed by atoms with Gasteiger partial charge in [-0.25, -0.2) is 0 Å². The van der Waals surface area contributed by atoms with Crippen LogP contribution in [-0.4, -0.2) is 11.1 Å². The first-order valence-corrected chi connectivity index (χ1v) is 5.61. The van der Waals surface area contributed by atoms with Crippen molar-refractivity contribution < 1.29 is 5.11 Å². The number of phenolic OH excluding ortho intramolecular Hbond substituents is 1. The molecule has 0 bridgehead atoms. The first-order chi connectivity index (χ1) is 7.25. The molecule has 0 aromatic heterocycles. The molecule has 2 rings (SSSR count). The minimum atomic E-state index is 0. The molecule has 1 aromatic rings. The molecule has 1 fully saturated rings. The fourth-order valence-corrected chi connectivity index (χ4v) is 2.14. The van der Waals surface area contributed by atoms with Crippen molar-refractivity contribution in [2.75, 3.05) is 11.1 Å². The molecule has 0 aliphatic heterocycles. The van der Waals surface area contributed by atoms with Gasteiger partial charge in [0.25, 0.3) is 0 Å². The van der Waals surface area contributed by atoms with Gasteiger partial charge in [-0.15, -0.1) is 24.8 Å². The third-order valence-corrected chi connectivity index (χ3v) is 2.99. The predicted octanol–water partition coefficient (Wildman–Crippen LogP) is 3.56. The van der Waals surface area contributed by atoms with Gasteiger partial charge in [0.2, 0.25) is 0 Å². The van der Waals surface area contributed by atoms with Crippen molar-refractivity contribution in [2.24, 2.45) is 0 Å². The highest BCUT2D eigenvalue weighted by atomic mass is 35.5. The molecule has 17 heavy (non-hydrogen) atoms. The fraction of sp³-hybridized carbons (Fsp3) is 0.500. The van der Waals surface area contributed by atoms with E-state index in [0.29, 0.717) is 11.7 Å². The minimum Gasteiger partial charge on any atom is -0.506 e. The quantitative estimate of drug-likeness (QED) is 0.440. The van der Waals surface area contributed by atoms with E-state index in [0.717, 1.165) is 5.69 Å². The van der Waals surface area contributed by atoms with Gasteiger partial charge in [0.15, 0.2) is 0 Å². The van der Waals surface area contributed by atoms with Gasteiger partial charge in [0.1, 0.15) is 5.75 Å². The Morgan fingerprint density at radius 1 is 1.12 bits per heavy atom. The summed E-state index contributed by atoms with van der Waals surface area (Å²) in [6.07, 6.45) is 6.27. The summed E-state index contributed by atoms with van der Waals surface area (Å²) in [5, 5.41) is 13.0. The lowest BCUT2D eigenvalue weighted by molar-refractivity contribution is 0.453. The third-order valence-electron chi connectivity index (χ3n) is 2.99. The number of anilines is 2. The number of aromatic hydroxyl groups is 1. The summed E-state index contributed by atoms with van der Waals surface area (Å²) in [4.78, 5) is 0. The van der Waals surface area contributed by atoms with Gasteiger partial charge in [-0.1, -0.05) is 19.3 Å². The summed E-state index contributed by atoms with van der Waals surface area (Å²) >= 11 is 0. The van der Waals surface area contributed by atoms with Crippen LogP contribution in [0.3, 0.4) is 0 Å². The van der Waals surface area contributed by atoms with E-state index in [2.05, 4.69) is 5.32 Å². The number of hydrogen-bond donors (Lipinski definition) is 3. The number of nitrogens with two attached hydrogens (primary N) is 1. The molecule has 0 unspecified atom stereocenters. The molecule has 98 valence electrons. The topological polar surface area (TPSA) is 58.3 Å². The molecule has 5 heteroatoms. The van der Waals surface area contributed by atoms with Crippen molar-refractivity contribution in [3.63, 3.8) is 0 Å². The number of nitrogens with one attached hydrogen (secondary N) is 1. The van der Waals surface area contributed by atoms with Gasteiger partial charge in [-0.05, 0) is 31.0 Å². The van der Waals surface area contributed by atoms with E-state index >= 15 is 0 Å². The molecule has 0 radical (unpaired) electrons. The molecule has 1 aliphatic rings. The number of phenols is 1. The van der Waals surface area contributed by atoms with E-state index in [-0.39, 0.29) is 30.6 Å². The normalized spacial score (nSPS) is 15.5. The molecule has 0 amide bonds. The van der Waals surface area contributed by atoms with E-state index in [1.165, 1.54) is 32.1 Å². The highest BCUT2D eigenvalue weighted by Crippen LogP contribution is 2.29. The largest absolute Gasteiger partial charge is 0.506 e. The summed E-state index contributed by atoms with van der Waals surface area (Å²) < 4.78 is 0. The van der Waals surface area contributed by atoms with E-state index < -0.39 is 0 Å². The van der Waals surface area contributed by atoms with E-state index in [1.807, 2.05) is 0 Å². The summed E-state index contributed by atoms with van der Waals surface area (Å²) in [5.41, 5.74) is 7.13. The van der Waals surface area contributed by atoms with Crippen LogP contribution in [0, 0.1) is 0 Å². The van der Waals surface area contributed by atoms with Crippen molar-refractivity contribution in [3.8, 4) is 5.75 Å². The van der Waals surface area contributed by atoms with Crippen LogP contribution in [0.5, 0.6) is 5.75 Å². The molecule has 3 nitrogen and oxygen atoms in total. The lowest BCUT2D eigenvalue weighted by Gasteiger charge is -2.24. The number of benzene rings is 1. The number of nitrogen functional groups attached to an aromatic ring is 1. The smallest absolute Gasteiger partial charge is 0.138 e. The van der Waals surface area contributed by atoms with E-state index in [1.54, 1.807) is 18.2 Å². The van der Waals surface area contributed by atoms with Crippen molar-refractivity contribution in [1.29, 1.82) is 0 Å². The maximum Gasteiger partial charge on any atom is 0.138 e. The van der Waals surface area contributed by atoms with Gasteiger partial charge in [-0.2, -0.15) is 0 Å². The molecular formula is C12H20Cl2N2O. The Balaban J connectivity index is 0.00000128. The standard InChI is InChI=1S/C12H18N2O.2ClH/c13-9-6-7-12(15)11(8-9)14-10-4-2-1-3-5-10;;/h6-8,10,14-15H,1-5,13H2;2*1H. The second-order valence-electron chi connectivity index (χ2n) is 4.26. The fourth-order valence-electron chi connectivity index (χ4n) is 2.14. The number of hydrogen-bond acceptors (Lipinski definition) is 3. The molecular weight excluding hydrogens is 259 g/mol. The second kappa shape index (κ2) is 7.51. The zero-order valence-corrected chi connectivity index (χ0v) is 11.3. The van der Waals surface area contributed by atoms with Crippen molar-refractivity contribution in [3.05, 3.63) is 18.2 Å². The monoisotopic (exact) mass is 278 g/mol. The van der Waals surface area contributed by atoms with E-state index in [9.17, 15) is 5.11 Å². The van der Waals surface area contributed by atoms with Crippen LogP contribution >= 0.6 is 24.8 Å². The Kier molecular flexibility index (Phi) is 7.16. The molecule has 0 saturated heterocycles. The molecule has 0 spiro atoms. The summed E-state index contributed by atoms with van der Waals surface area (Å²) in [6.45, 7) is 0. The lowest BCUT2D eigenvalue weighted by Crippen LogP contribution is -2.22. The molecule has 4 N–H and O–H groups in total. The van der Waals surface area contributed by atoms with Crippen LogP contribution in [0.2, 0.25) is 0 Å². The average Bonchev–Trinajstić information content (AvgIpc) is 2.25. The van der Waals surface area contributed by atoms with Crippen LogP contribution in [0.25, 0.3) is 0 Å².